The molecule has 0 radical (unpaired) electrons. The Morgan fingerprint density at radius 2 is 0.500 bits per heavy atom. The van der Waals surface area contributed by atoms with Crippen molar-refractivity contribution in [3.8, 4) is 23.0 Å². The smallest absolute Gasteiger partial charge is 0.185 e. The highest BCUT2D eigenvalue weighted by Crippen LogP contribution is 2.43. The van der Waals surface area contributed by atoms with Gasteiger partial charge in [0.25, 0.3) is 0 Å². The van der Waals surface area contributed by atoms with Crippen molar-refractivity contribution in [2.45, 2.75) is 485 Å². The first-order chi connectivity index (χ1) is 59.4. The molecule has 12 heteroatoms. The van der Waals surface area contributed by atoms with Crippen LogP contribution in [0.15, 0.2) is 114 Å². The summed E-state index contributed by atoms with van der Waals surface area (Å²) in [7, 11) is 0. The van der Waals surface area contributed by atoms with Gasteiger partial charge in [0.2, 0.25) is 0 Å². The number of aromatic hydroxyl groups is 4. The molecule has 2 aromatic carbocycles. The largest absolute Gasteiger partial charge is 0.507 e. The van der Waals surface area contributed by atoms with E-state index in [1.807, 2.05) is 48.5 Å². The van der Waals surface area contributed by atoms with E-state index in [0.717, 1.165) is 202 Å². The van der Waals surface area contributed by atoms with Crippen LogP contribution in [0.4, 0.5) is 0 Å². The van der Waals surface area contributed by atoms with Crippen LogP contribution in [0.5, 0.6) is 23.0 Å². The summed E-state index contributed by atoms with van der Waals surface area (Å²) in [6, 6.07) is 0. The minimum atomic E-state index is -0.390. The summed E-state index contributed by atoms with van der Waals surface area (Å²) in [6.07, 6.45) is 54.8. The highest BCUT2D eigenvalue weighted by atomic mass is 35.5. The van der Waals surface area contributed by atoms with Gasteiger partial charge in [0.05, 0.1) is 0 Å². The predicted molar refractivity (Wildman–Crippen MR) is 561 cm³/mol. The topological polar surface area (TPSA) is 149 Å². The van der Waals surface area contributed by atoms with E-state index in [9.17, 15) is 39.6 Å². The molecule has 0 saturated carbocycles. The van der Waals surface area contributed by atoms with E-state index in [1.165, 1.54) is 123 Å². The average Bonchev–Trinajstić information content (AvgIpc) is 0.813. The van der Waals surface area contributed by atoms with Crippen LogP contribution in [0.1, 0.15) is 456 Å². The van der Waals surface area contributed by atoms with Gasteiger partial charge in [-0.1, -0.05) is 228 Å². The Hall–Kier alpha value is -5.12. The fraction of sp³-hybridized carbons (Fsp3) is 0.690. The van der Waals surface area contributed by atoms with Gasteiger partial charge in [-0.25, -0.2) is 0 Å². The lowest BCUT2D eigenvalue weighted by Crippen LogP contribution is -2.23. The number of rotatable bonds is 54. The predicted octanol–water partition coefficient (Wildman–Crippen LogP) is 36.3. The third-order valence-corrected chi connectivity index (χ3v) is 29.5. The van der Waals surface area contributed by atoms with Crippen molar-refractivity contribution in [2.75, 3.05) is 0 Å². The van der Waals surface area contributed by atoms with E-state index in [-0.39, 0.29) is 48.4 Å². The van der Waals surface area contributed by atoms with Crippen molar-refractivity contribution in [1.82, 2.24) is 0 Å². The number of ketones is 4. The second-order valence-corrected chi connectivity index (χ2v) is 46.1. The summed E-state index contributed by atoms with van der Waals surface area (Å²) in [4.78, 5) is 48.6. The summed E-state index contributed by atoms with van der Waals surface area (Å²) < 4.78 is 0. The zero-order valence-corrected chi connectivity index (χ0v) is 90.8. The number of carbonyl (C=O) groups is 4. The number of allylic oxidation sites excluding steroid dienone is 20. The third-order valence-electron chi connectivity index (χ3n) is 28.0. The van der Waals surface area contributed by atoms with Crippen LogP contribution in [0, 0.1) is 77.0 Å². The standard InChI is InChI=1S/C29H51ClO2.C29H49ClO2.C29H45ClO2.C29H43ClO2/c4*1-20(2)12-9-13-21(3)14-10-15-22(4)16-11-18-29(8,30)19-17-26-25(7)27(31)23(5)24(6)28(26)32/h20-22,31-32H,9-19H2,1-8H3;20-22H,9-19H2,1-8H3;12,14,16,31-32H,9-11,13,15,17-19H2,1-8H3;12,14,16H,9-11,13,15,17-19H2,1-8H3/b;;2*21-14+,22-16+. The van der Waals surface area contributed by atoms with Gasteiger partial charge in [-0.2, -0.15) is 0 Å². The first-order valence-corrected chi connectivity index (χ1v) is 51.5. The summed E-state index contributed by atoms with van der Waals surface area (Å²) in [5, 5.41) is 41.8. The number of Topliss-reactive ketones (excluding diaryl/α,β-unsaturated/α-hetero) is 4. The molecule has 4 N–H and O–H groups in total. The molecule has 0 fully saturated rings. The molecule has 2 aliphatic rings. The van der Waals surface area contributed by atoms with Crippen LogP contribution in [0.2, 0.25) is 0 Å². The monoisotopic (exact) mass is 1850 g/mol. The molecule has 0 bridgehead atoms. The summed E-state index contributed by atoms with van der Waals surface area (Å²) in [5.74, 6) is 6.10. The first-order valence-electron chi connectivity index (χ1n) is 50.0. The van der Waals surface area contributed by atoms with Crippen LogP contribution in [0.3, 0.4) is 0 Å². The first kappa shape index (κ1) is 121. The number of halogens is 4. The van der Waals surface area contributed by atoms with E-state index < -0.39 is 0 Å². The fourth-order valence-corrected chi connectivity index (χ4v) is 18.3. The Balaban J connectivity index is 0.000000853. The van der Waals surface area contributed by atoms with Gasteiger partial charge in [0, 0.05) is 75.2 Å². The molecule has 0 aromatic heterocycles. The van der Waals surface area contributed by atoms with Crippen LogP contribution < -0.4 is 0 Å². The Bertz CT molecular complexity index is 4090. The van der Waals surface area contributed by atoms with Crippen molar-refractivity contribution >= 4 is 69.5 Å². The second kappa shape index (κ2) is 61.0. The van der Waals surface area contributed by atoms with E-state index in [2.05, 4.69) is 168 Å². The van der Waals surface area contributed by atoms with Crippen molar-refractivity contribution in [3.05, 3.63) is 159 Å². The zero-order valence-electron chi connectivity index (χ0n) is 87.7. The van der Waals surface area contributed by atoms with Crippen LogP contribution in [0.25, 0.3) is 0 Å². The van der Waals surface area contributed by atoms with Gasteiger partial charge in [0.15, 0.2) is 23.1 Å². The Labute approximate surface area is 806 Å². The van der Waals surface area contributed by atoms with Gasteiger partial charge < -0.3 is 20.4 Å². The van der Waals surface area contributed by atoms with Crippen LogP contribution >= 0.6 is 46.4 Å². The fourth-order valence-electron chi connectivity index (χ4n) is 17.4. The van der Waals surface area contributed by atoms with Crippen molar-refractivity contribution < 1.29 is 39.6 Å². The Morgan fingerprint density at radius 3 is 0.773 bits per heavy atom. The lowest BCUT2D eigenvalue weighted by molar-refractivity contribution is -0.116. The second-order valence-electron chi connectivity index (χ2n) is 42.5. The average molecular weight is 1850 g/mol. The maximum absolute atomic E-state index is 12.6. The van der Waals surface area contributed by atoms with E-state index in [1.54, 1.807) is 41.5 Å². The minimum Gasteiger partial charge on any atom is -0.507 e. The molecule has 0 aliphatic heterocycles. The molecule has 128 heavy (non-hydrogen) atoms. The number of hydrogen-bond donors (Lipinski definition) is 4. The molecule has 8 atom stereocenters. The number of carbonyl (C=O) groups excluding carboxylic acids is 4. The summed E-state index contributed by atoms with van der Waals surface area (Å²) >= 11 is 27.3. The Kier molecular flexibility index (Phi) is 57.6. The summed E-state index contributed by atoms with van der Waals surface area (Å²) in [6.45, 7) is 66.3. The van der Waals surface area contributed by atoms with Gasteiger partial charge in [-0.05, 0) is 376 Å². The van der Waals surface area contributed by atoms with E-state index in [0.29, 0.717) is 93.9 Å². The van der Waals surface area contributed by atoms with Crippen LogP contribution in [-0.2, 0) is 32.0 Å². The maximum atomic E-state index is 12.6. The van der Waals surface area contributed by atoms with E-state index >= 15 is 0 Å². The molecule has 8 nitrogen and oxygen atoms in total. The molecule has 0 amide bonds. The highest BCUT2D eigenvalue weighted by molar-refractivity contribution is 6.27. The van der Waals surface area contributed by atoms with Crippen LogP contribution in [-0.4, -0.2) is 63.1 Å². The molecule has 2 aliphatic carbocycles. The van der Waals surface area contributed by atoms with Gasteiger partial charge in [-0.15, -0.1) is 46.4 Å². The number of phenolic OH excluding ortho intramolecular Hbond substituents is 4. The Morgan fingerprint density at radius 1 is 0.273 bits per heavy atom. The number of hydrogen-bond acceptors (Lipinski definition) is 8. The molecule has 0 heterocycles. The van der Waals surface area contributed by atoms with Crippen molar-refractivity contribution in [1.29, 1.82) is 0 Å². The van der Waals surface area contributed by atoms with Crippen molar-refractivity contribution in [3.63, 3.8) is 0 Å². The number of benzene rings is 2. The SMILES string of the molecule is CC(C)=CCC/C(C)=C/CC/C(C)=C/CCC(C)(Cl)CCC1=C(C)C(=O)C(C)=C(C)C1=O.CC(C)=CCC/C(C)=C/CC/C(C)=C/CCC(C)(Cl)CCc1c(C)c(O)c(C)c(C)c1O.CC1=C(C)C(=O)C(CCC(C)(Cl)CCCC(C)CCCC(C)CCCC(C)C)=C(C)C1=O.Cc1c(C)c(O)c(CCC(C)(Cl)CCCC(C)CCCC(C)CCCC(C)C)c(C)c1O. The molecule has 4 rings (SSSR count). The molecule has 0 saturated heterocycles. The van der Waals surface area contributed by atoms with Crippen molar-refractivity contribution in [2.24, 2.45) is 35.5 Å². The van der Waals surface area contributed by atoms with Gasteiger partial charge in [0.1, 0.15) is 23.0 Å². The summed E-state index contributed by atoms with van der Waals surface area (Å²) in [5.41, 5.74) is 19.6. The van der Waals surface area contributed by atoms with E-state index in [4.69, 9.17) is 46.4 Å². The normalized spacial score (nSPS) is 16.7. The maximum Gasteiger partial charge on any atom is 0.185 e. The molecule has 0 spiro atoms. The molecule has 8 unspecified atom stereocenters. The number of alkyl halides is 4. The lowest BCUT2D eigenvalue weighted by Gasteiger charge is -2.25. The minimum absolute atomic E-state index is 0.00633. The highest BCUT2D eigenvalue weighted by Gasteiger charge is 2.33. The zero-order chi connectivity index (χ0) is 97.9. The number of phenols is 4. The van der Waals surface area contributed by atoms with Gasteiger partial charge in [-0.3, -0.25) is 19.2 Å². The molecule has 728 valence electrons. The molecular formula is C116H188Cl4O8. The molecular weight excluding hydrogens is 1660 g/mol. The van der Waals surface area contributed by atoms with Gasteiger partial charge >= 0.3 is 0 Å². The lowest BCUT2D eigenvalue weighted by atomic mass is 9.82. The third kappa shape index (κ3) is 47.7. The quantitative estimate of drug-likeness (QED) is 0.0221. The molecule has 2 aromatic rings.